The molecule has 0 aromatic rings. The van der Waals surface area contributed by atoms with Crippen LogP contribution in [0.5, 0.6) is 0 Å². The molecule has 0 N–H and O–H groups in total. The fourth-order valence-corrected chi connectivity index (χ4v) is 0.0833. The van der Waals surface area contributed by atoms with E-state index in [0.717, 1.165) is 0 Å². The average Bonchev–Trinajstić information content (AvgIpc) is 1.91. The lowest BCUT2D eigenvalue weighted by atomic mass is 11.3. The van der Waals surface area contributed by atoms with Gasteiger partial charge in [-0.3, -0.25) is 0 Å². The van der Waals surface area contributed by atoms with Gasteiger partial charge in [-0.25, -0.2) is 4.79 Å². The molecule has 0 atom stereocenters. The molecule has 0 fully saturated rings. The van der Waals surface area contributed by atoms with Gasteiger partial charge in [-0.05, 0) is 0 Å². The van der Waals surface area contributed by atoms with Crippen LogP contribution in [0.15, 0.2) is 0 Å². The molecule has 0 aromatic carbocycles. The van der Waals surface area contributed by atoms with E-state index in [1.165, 1.54) is 14.2 Å². The van der Waals surface area contributed by atoms with E-state index in [2.05, 4.69) is 46.7 Å². The molecule has 0 aliphatic carbocycles. The fraction of sp³-hybridized carbons (Fsp3) is 0.667. The first kappa shape index (κ1) is 11.5. The normalized spacial score (nSPS) is 6.00. The Morgan fingerprint density at radius 3 is 1.50 bits per heavy atom. The Hall–Kier alpha value is 0.730. The number of rotatable bonds is 0. The summed E-state index contributed by atoms with van der Waals surface area (Å²) in [6.07, 6.45) is -0.657. The SMILES string of the molecule is COC(=O)OC.II. The van der Waals surface area contributed by atoms with E-state index in [-0.39, 0.29) is 0 Å². The Balaban J connectivity index is 0. The third kappa shape index (κ3) is 9.88. The minimum Gasteiger partial charge on any atom is -0.438 e. The Kier molecular flexibility index (Phi) is 15.4. The lowest BCUT2D eigenvalue weighted by molar-refractivity contribution is 0.0924. The predicted molar refractivity (Wildman–Crippen MR) is 47.5 cm³/mol. The van der Waals surface area contributed by atoms with E-state index in [9.17, 15) is 4.79 Å². The lowest BCUT2D eigenvalue weighted by Gasteiger charge is -1.89. The Bertz CT molecular complexity index is 50.5. The van der Waals surface area contributed by atoms with Crippen LogP contribution in [0.3, 0.4) is 0 Å². The molecule has 0 radical (unpaired) electrons. The van der Waals surface area contributed by atoms with Crippen molar-refractivity contribution >= 4 is 43.4 Å². The summed E-state index contributed by atoms with van der Waals surface area (Å²) in [6.45, 7) is 0. The molecule has 0 aliphatic heterocycles. The molecule has 8 heavy (non-hydrogen) atoms. The van der Waals surface area contributed by atoms with Crippen LogP contribution >= 0.6 is 37.2 Å². The van der Waals surface area contributed by atoms with Gasteiger partial charge in [0.1, 0.15) is 0 Å². The summed E-state index contributed by atoms with van der Waals surface area (Å²) in [5.41, 5.74) is 0. The minimum atomic E-state index is -0.657. The maximum absolute atomic E-state index is 9.74. The van der Waals surface area contributed by atoms with Crippen molar-refractivity contribution in [3.05, 3.63) is 0 Å². The molecule has 50 valence electrons. The van der Waals surface area contributed by atoms with Gasteiger partial charge in [0, 0.05) is 37.2 Å². The fourth-order valence-electron chi connectivity index (χ4n) is 0.0833. The van der Waals surface area contributed by atoms with Crippen molar-refractivity contribution in [3.63, 3.8) is 0 Å². The average molecular weight is 344 g/mol. The number of hydrogen-bond acceptors (Lipinski definition) is 3. The van der Waals surface area contributed by atoms with Gasteiger partial charge >= 0.3 is 6.16 Å². The number of hydrogen-bond donors (Lipinski definition) is 0. The van der Waals surface area contributed by atoms with Crippen molar-refractivity contribution in [3.8, 4) is 0 Å². The molecule has 3 nitrogen and oxygen atoms in total. The van der Waals surface area contributed by atoms with Crippen LogP contribution < -0.4 is 0 Å². The van der Waals surface area contributed by atoms with Gasteiger partial charge in [0.15, 0.2) is 0 Å². The quantitative estimate of drug-likeness (QED) is 0.499. The highest BCUT2D eigenvalue weighted by molar-refractivity contribution is 15.0. The zero-order valence-electron chi connectivity index (χ0n) is 4.48. The van der Waals surface area contributed by atoms with Gasteiger partial charge in [-0.2, -0.15) is 0 Å². The van der Waals surface area contributed by atoms with E-state index in [1.807, 2.05) is 0 Å². The van der Waals surface area contributed by atoms with Gasteiger partial charge in [0.05, 0.1) is 14.2 Å². The monoisotopic (exact) mass is 344 g/mol. The zero-order valence-corrected chi connectivity index (χ0v) is 8.80. The van der Waals surface area contributed by atoms with E-state index >= 15 is 0 Å². The van der Waals surface area contributed by atoms with Crippen molar-refractivity contribution in [1.82, 2.24) is 0 Å². The van der Waals surface area contributed by atoms with E-state index < -0.39 is 6.16 Å². The van der Waals surface area contributed by atoms with Crippen LogP contribution in [-0.4, -0.2) is 20.4 Å². The van der Waals surface area contributed by atoms with Crippen molar-refractivity contribution < 1.29 is 14.3 Å². The van der Waals surface area contributed by atoms with Crippen molar-refractivity contribution in [2.45, 2.75) is 0 Å². The second kappa shape index (κ2) is 10.7. The third-order valence-electron chi connectivity index (χ3n) is 0.333. The lowest BCUT2D eigenvalue weighted by Crippen LogP contribution is -1.97. The molecule has 0 saturated heterocycles. The van der Waals surface area contributed by atoms with Gasteiger partial charge in [-0.15, -0.1) is 0 Å². The molecule has 0 aromatic heterocycles. The highest BCUT2D eigenvalue weighted by atomic mass is 128. The molecule has 0 unspecified atom stereocenters. The number of halogens is 2. The summed E-state index contributed by atoms with van der Waals surface area (Å²) in [5, 5.41) is 0. The molecule has 0 bridgehead atoms. The Labute approximate surface area is 71.4 Å². The van der Waals surface area contributed by atoms with Crippen molar-refractivity contribution in [2.24, 2.45) is 0 Å². The molecule has 0 spiro atoms. The van der Waals surface area contributed by atoms with Gasteiger partial charge in [-0.1, -0.05) is 0 Å². The van der Waals surface area contributed by atoms with Crippen LogP contribution in [-0.2, 0) is 9.47 Å². The van der Waals surface area contributed by atoms with E-state index in [4.69, 9.17) is 0 Å². The summed E-state index contributed by atoms with van der Waals surface area (Å²) in [5.74, 6) is 0. The molecule has 0 aliphatic rings. The maximum Gasteiger partial charge on any atom is 0.507 e. The topological polar surface area (TPSA) is 35.5 Å². The minimum absolute atomic E-state index is 0.657. The van der Waals surface area contributed by atoms with Crippen molar-refractivity contribution in [1.29, 1.82) is 0 Å². The zero-order chi connectivity index (χ0) is 6.99. The largest absolute Gasteiger partial charge is 0.507 e. The second-order valence-corrected chi connectivity index (χ2v) is 0.658. The number of carbonyl (C=O) groups is 1. The highest BCUT2D eigenvalue weighted by Gasteiger charge is 1.88. The van der Waals surface area contributed by atoms with Crippen LogP contribution in [0.25, 0.3) is 0 Å². The third-order valence-corrected chi connectivity index (χ3v) is 0.333. The smallest absolute Gasteiger partial charge is 0.438 e. The molecule has 0 saturated carbocycles. The standard InChI is InChI=1S/C3H6O3.I2/c1-5-3(4)6-2;1-2/h1-2H3;. The van der Waals surface area contributed by atoms with Crippen LogP contribution in [0.4, 0.5) is 4.79 Å². The maximum atomic E-state index is 9.74. The first-order valence-electron chi connectivity index (χ1n) is 1.57. The summed E-state index contributed by atoms with van der Waals surface area (Å²) >= 11 is 4.24. The highest BCUT2D eigenvalue weighted by Crippen LogP contribution is 1.89. The van der Waals surface area contributed by atoms with Gasteiger partial charge in [0.2, 0.25) is 0 Å². The summed E-state index contributed by atoms with van der Waals surface area (Å²) in [6, 6.07) is 0. The molecule has 5 heteroatoms. The van der Waals surface area contributed by atoms with Gasteiger partial charge in [0.25, 0.3) is 0 Å². The first-order chi connectivity index (χ1) is 3.81. The predicted octanol–water partition coefficient (Wildman–Crippen LogP) is 2.17. The van der Waals surface area contributed by atoms with Crippen LogP contribution in [0.2, 0.25) is 0 Å². The summed E-state index contributed by atoms with van der Waals surface area (Å²) < 4.78 is 8.08. The Morgan fingerprint density at radius 2 is 1.50 bits per heavy atom. The summed E-state index contributed by atoms with van der Waals surface area (Å²) in [7, 11) is 2.51. The molecular weight excluding hydrogens is 338 g/mol. The van der Waals surface area contributed by atoms with E-state index in [1.54, 1.807) is 0 Å². The molecule has 0 rings (SSSR count). The second-order valence-electron chi connectivity index (χ2n) is 0.658. The van der Waals surface area contributed by atoms with Crippen LogP contribution in [0, 0.1) is 0 Å². The van der Waals surface area contributed by atoms with Crippen LogP contribution in [0.1, 0.15) is 0 Å². The molecule has 0 heterocycles. The van der Waals surface area contributed by atoms with Crippen molar-refractivity contribution in [2.75, 3.05) is 14.2 Å². The number of ether oxygens (including phenoxy) is 2. The van der Waals surface area contributed by atoms with Gasteiger partial charge < -0.3 is 9.47 Å². The number of carbonyl (C=O) groups excluding carboxylic acids is 1. The number of methoxy groups -OCH3 is 2. The first-order valence-corrected chi connectivity index (χ1v) is 7.86. The summed E-state index contributed by atoms with van der Waals surface area (Å²) in [4.78, 5) is 9.74. The van der Waals surface area contributed by atoms with E-state index in [0.29, 0.717) is 0 Å². The Morgan fingerprint density at radius 1 is 1.25 bits per heavy atom. The molecular formula is C3H6I2O3. The molecule has 0 amide bonds.